The molecule has 20 heavy (non-hydrogen) atoms. The fraction of sp³-hybridized carbons (Fsp3) is 0.250. The molecule has 0 aliphatic heterocycles. The zero-order valence-electron chi connectivity index (χ0n) is 10.5. The van der Waals surface area contributed by atoms with Crippen LogP contribution in [0.2, 0.25) is 0 Å². The minimum absolute atomic E-state index is 0.0309. The number of rotatable bonds is 6. The number of hydrogen-bond donors (Lipinski definition) is 3. The van der Waals surface area contributed by atoms with Gasteiger partial charge in [-0.3, -0.25) is 9.59 Å². The van der Waals surface area contributed by atoms with Crippen molar-refractivity contribution >= 4 is 11.9 Å². The molecule has 2 rings (SSSR count). The molecule has 8 heteroatoms. The van der Waals surface area contributed by atoms with Gasteiger partial charge in [0.05, 0.1) is 0 Å². The van der Waals surface area contributed by atoms with Gasteiger partial charge in [-0.25, -0.2) is 0 Å². The molecule has 0 spiro atoms. The van der Waals surface area contributed by atoms with Crippen molar-refractivity contribution in [3.63, 3.8) is 0 Å². The first-order valence-corrected chi connectivity index (χ1v) is 6.00. The van der Waals surface area contributed by atoms with E-state index in [9.17, 15) is 9.59 Å². The van der Waals surface area contributed by atoms with Crippen molar-refractivity contribution in [1.29, 1.82) is 0 Å². The summed E-state index contributed by atoms with van der Waals surface area (Å²) in [4.78, 5) is 22.2. The lowest BCUT2D eigenvalue weighted by Crippen LogP contribution is -2.24. The maximum absolute atomic E-state index is 11.9. The second kappa shape index (κ2) is 6.41. The number of aliphatic carboxylic acids is 1. The highest BCUT2D eigenvalue weighted by molar-refractivity contribution is 5.95. The lowest BCUT2D eigenvalue weighted by molar-refractivity contribution is -0.137. The molecule has 104 valence electrons. The van der Waals surface area contributed by atoms with Crippen molar-refractivity contribution in [1.82, 2.24) is 25.9 Å². The molecular formula is C12H13N5O3. The average Bonchev–Trinajstić information content (AvgIpc) is 2.97. The summed E-state index contributed by atoms with van der Waals surface area (Å²) in [7, 11) is 0. The van der Waals surface area contributed by atoms with Gasteiger partial charge in [0.15, 0.2) is 0 Å². The van der Waals surface area contributed by atoms with E-state index >= 15 is 0 Å². The Bertz CT molecular complexity index is 597. The van der Waals surface area contributed by atoms with Gasteiger partial charge in [-0.1, -0.05) is 12.1 Å². The van der Waals surface area contributed by atoms with Crippen LogP contribution < -0.4 is 5.32 Å². The molecule has 0 radical (unpaired) electrons. The van der Waals surface area contributed by atoms with Gasteiger partial charge in [-0.15, -0.1) is 10.2 Å². The van der Waals surface area contributed by atoms with Gasteiger partial charge in [0.2, 0.25) is 5.82 Å². The molecule has 0 saturated carbocycles. The second-order valence-electron chi connectivity index (χ2n) is 4.07. The van der Waals surface area contributed by atoms with E-state index in [4.69, 9.17) is 5.11 Å². The third-order valence-electron chi connectivity index (χ3n) is 2.58. The van der Waals surface area contributed by atoms with Crippen LogP contribution >= 0.6 is 0 Å². The van der Waals surface area contributed by atoms with Crippen LogP contribution in [0.5, 0.6) is 0 Å². The van der Waals surface area contributed by atoms with E-state index in [0.717, 1.165) is 0 Å². The van der Waals surface area contributed by atoms with Gasteiger partial charge in [-0.2, -0.15) is 5.21 Å². The summed E-state index contributed by atoms with van der Waals surface area (Å²) >= 11 is 0. The summed E-state index contributed by atoms with van der Waals surface area (Å²) in [6, 6.07) is 6.80. The van der Waals surface area contributed by atoms with Crippen LogP contribution in [0.15, 0.2) is 24.3 Å². The molecule has 1 aromatic carbocycles. The Morgan fingerprint density at radius 2 is 2.20 bits per heavy atom. The van der Waals surface area contributed by atoms with Gasteiger partial charge in [0.25, 0.3) is 5.91 Å². The predicted molar refractivity (Wildman–Crippen MR) is 68.8 cm³/mol. The molecule has 1 amide bonds. The molecule has 2 aromatic rings. The fourth-order valence-corrected chi connectivity index (χ4v) is 1.63. The monoisotopic (exact) mass is 275 g/mol. The molecule has 0 bridgehead atoms. The largest absolute Gasteiger partial charge is 0.481 e. The highest BCUT2D eigenvalue weighted by Gasteiger charge is 2.09. The summed E-state index contributed by atoms with van der Waals surface area (Å²) in [5.74, 6) is -0.732. The lowest BCUT2D eigenvalue weighted by Gasteiger charge is -2.05. The van der Waals surface area contributed by atoms with Gasteiger partial charge >= 0.3 is 5.97 Å². The maximum Gasteiger partial charge on any atom is 0.303 e. The molecular weight excluding hydrogens is 262 g/mol. The van der Waals surface area contributed by atoms with Crippen molar-refractivity contribution < 1.29 is 14.7 Å². The van der Waals surface area contributed by atoms with Crippen molar-refractivity contribution in [3.8, 4) is 11.4 Å². The number of carboxylic acid groups (broad SMARTS) is 1. The third-order valence-corrected chi connectivity index (χ3v) is 2.58. The standard InChI is InChI=1S/C12H13N5O3/c18-10(19)5-2-6-13-12(20)9-4-1-3-8(7-9)11-14-16-17-15-11/h1,3-4,7H,2,5-6H2,(H,13,20)(H,18,19)(H,14,15,16,17). The molecule has 8 nitrogen and oxygen atoms in total. The topological polar surface area (TPSA) is 121 Å². The Morgan fingerprint density at radius 3 is 2.90 bits per heavy atom. The number of aromatic amines is 1. The molecule has 0 unspecified atom stereocenters. The summed E-state index contributed by atoms with van der Waals surface area (Å²) in [6.45, 7) is 0.317. The zero-order chi connectivity index (χ0) is 14.4. The second-order valence-corrected chi connectivity index (χ2v) is 4.07. The number of H-pyrrole nitrogens is 1. The van der Waals surface area contributed by atoms with Crippen LogP contribution in [0.1, 0.15) is 23.2 Å². The molecule has 0 aliphatic rings. The number of amides is 1. The van der Waals surface area contributed by atoms with E-state index in [-0.39, 0.29) is 12.3 Å². The van der Waals surface area contributed by atoms with E-state index < -0.39 is 5.97 Å². The summed E-state index contributed by atoms with van der Waals surface area (Å²) < 4.78 is 0. The normalized spacial score (nSPS) is 10.2. The average molecular weight is 275 g/mol. The zero-order valence-corrected chi connectivity index (χ0v) is 10.5. The van der Waals surface area contributed by atoms with Crippen molar-refractivity contribution in [2.75, 3.05) is 6.54 Å². The Balaban J connectivity index is 1.96. The van der Waals surface area contributed by atoms with Crippen molar-refractivity contribution in [3.05, 3.63) is 29.8 Å². The van der Waals surface area contributed by atoms with Crippen molar-refractivity contribution in [2.24, 2.45) is 0 Å². The number of carbonyl (C=O) groups excluding carboxylic acids is 1. The van der Waals surface area contributed by atoms with Gasteiger partial charge in [0.1, 0.15) is 0 Å². The number of aromatic nitrogens is 4. The Morgan fingerprint density at radius 1 is 1.35 bits per heavy atom. The highest BCUT2D eigenvalue weighted by atomic mass is 16.4. The van der Waals surface area contributed by atoms with E-state index in [0.29, 0.717) is 29.9 Å². The Labute approximate surface area is 114 Å². The van der Waals surface area contributed by atoms with E-state index in [1.165, 1.54) is 0 Å². The number of benzene rings is 1. The molecule has 3 N–H and O–H groups in total. The summed E-state index contributed by atoms with van der Waals surface area (Å²) in [5.41, 5.74) is 1.14. The minimum atomic E-state index is -0.877. The first kappa shape index (κ1) is 13.7. The maximum atomic E-state index is 11.9. The van der Waals surface area contributed by atoms with Crippen LogP contribution in [0.3, 0.4) is 0 Å². The molecule has 0 aliphatic carbocycles. The molecule has 0 atom stereocenters. The molecule has 0 saturated heterocycles. The Kier molecular flexibility index (Phi) is 4.38. The van der Waals surface area contributed by atoms with Gasteiger partial charge in [0, 0.05) is 24.1 Å². The van der Waals surface area contributed by atoms with Crippen LogP contribution in [0.25, 0.3) is 11.4 Å². The van der Waals surface area contributed by atoms with Crippen LogP contribution in [-0.4, -0.2) is 44.2 Å². The predicted octanol–water partition coefficient (Wildman–Crippen LogP) is 0.461. The molecule has 1 heterocycles. The quantitative estimate of drug-likeness (QED) is 0.658. The number of nitrogens with one attached hydrogen (secondary N) is 2. The van der Waals surface area contributed by atoms with Crippen molar-refractivity contribution in [2.45, 2.75) is 12.8 Å². The number of carboxylic acids is 1. The number of tetrazole rings is 1. The fourth-order valence-electron chi connectivity index (χ4n) is 1.63. The molecule has 1 aromatic heterocycles. The third kappa shape index (κ3) is 3.61. The van der Waals surface area contributed by atoms with Gasteiger partial charge in [-0.05, 0) is 23.8 Å². The SMILES string of the molecule is O=C(O)CCCNC(=O)c1cccc(-c2nn[nH]n2)c1. The van der Waals surface area contributed by atoms with E-state index in [2.05, 4.69) is 25.9 Å². The summed E-state index contributed by atoms with van der Waals surface area (Å²) in [6.07, 6.45) is 0.425. The number of hydrogen-bond acceptors (Lipinski definition) is 5. The van der Waals surface area contributed by atoms with Crippen LogP contribution in [0.4, 0.5) is 0 Å². The van der Waals surface area contributed by atoms with Crippen LogP contribution in [-0.2, 0) is 4.79 Å². The number of carbonyl (C=O) groups is 2. The van der Waals surface area contributed by atoms with E-state index in [1.807, 2.05) is 0 Å². The smallest absolute Gasteiger partial charge is 0.303 e. The van der Waals surface area contributed by atoms with E-state index in [1.54, 1.807) is 24.3 Å². The first-order chi connectivity index (χ1) is 9.66. The Hall–Kier alpha value is -2.77. The van der Waals surface area contributed by atoms with Crippen LogP contribution in [0, 0.1) is 0 Å². The van der Waals surface area contributed by atoms with Gasteiger partial charge < -0.3 is 10.4 Å². The summed E-state index contributed by atoms with van der Waals surface area (Å²) in [5, 5.41) is 24.6. The number of nitrogens with zero attached hydrogens (tertiary/aromatic N) is 3. The highest BCUT2D eigenvalue weighted by Crippen LogP contribution is 2.14. The minimum Gasteiger partial charge on any atom is -0.481 e. The lowest BCUT2D eigenvalue weighted by atomic mass is 10.1. The molecule has 0 fully saturated rings. The first-order valence-electron chi connectivity index (χ1n) is 6.00.